The summed E-state index contributed by atoms with van der Waals surface area (Å²) in [6.45, 7) is 2.46. The molecular formula is C20H20F2N4OS. The zero-order valence-electron chi connectivity index (χ0n) is 15.4. The lowest BCUT2D eigenvalue weighted by Gasteiger charge is -2.18. The van der Waals surface area contributed by atoms with Gasteiger partial charge in [0.2, 0.25) is 5.91 Å². The number of benzene rings is 1. The van der Waals surface area contributed by atoms with Gasteiger partial charge < -0.3 is 9.88 Å². The number of carbonyl (C=O) groups excluding carboxylic acids is 1. The van der Waals surface area contributed by atoms with Crippen LogP contribution in [-0.2, 0) is 11.3 Å². The zero-order valence-corrected chi connectivity index (χ0v) is 16.2. The molecule has 0 saturated heterocycles. The van der Waals surface area contributed by atoms with E-state index in [-0.39, 0.29) is 12.3 Å². The van der Waals surface area contributed by atoms with Crippen molar-refractivity contribution < 1.29 is 13.6 Å². The number of carbonyl (C=O) groups is 1. The SMILES string of the molecule is CCn1c(SC2(C(=O)Nc3ccccc3)CC2)nnc1C1CC=C(F)C=C1F. The third-order valence-electron chi connectivity index (χ3n) is 4.97. The van der Waals surface area contributed by atoms with Crippen LogP contribution in [0.2, 0.25) is 0 Å². The van der Waals surface area contributed by atoms with Crippen molar-refractivity contribution in [2.45, 2.75) is 48.6 Å². The third kappa shape index (κ3) is 3.61. The Hall–Kier alpha value is -2.48. The second kappa shape index (κ2) is 7.50. The maximum absolute atomic E-state index is 14.3. The Labute approximate surface area is 165 Å². The summed E-state index contributed by atoms with van der Waals surface area (Å²) in [6, 6.07) is 9.31. The molecule has 2 aliphatic rings. The van der Waals surface area contributed by atoms with E-state index in [1.54, 1.807) is 0 Å². The summed E-state index contributed by atoms with van der Waals surface area (Å²) >= 11 is 1.37. The van der Waals surface area contributed by atoms with Crippen LogP contribution in [0.15, 0.2) is 59.3 Å². The van der Waals surface area contributed by atoms with Crippen molar-refractivity contribution in [3.63, 3.8) is 0 Å². The van der Waals surface area contributed by atoms with Crippen molar-refractivity contribution in [3.8, 4) is 0 Å². The summed E-state index contributed by atoms with van der Waals surface area (Å²) in [5.41, 5.74) is 0.750. The lowest BCUT2D eigenvalue weighted by Crippen LogP contribution is -2.27. The Morgan fingerprint density at radius 3 is 2.68 bits per heavy atom. The normalized spacial score (nSPS) is 20.3. The summed E-state index contributed by atoms with van der Waals surface area (Å²) in [6.07, 6.45) is 3.94. The van der Waals surface area contributed by atoms with Crippen LogP contribution in [0.1, 0.15) is 37.9 Å². The topological polar surface area (TPSA) is 59.8 Å². The fourth-order valence-corrected chi connectivity index (χ4v) is 4.44. The van der Waals surface area contributed by atoms with Gasteiger partial charge in [0.15, 0.2) is 5.16 Å². The van der Waals surface area contributed by atoms with Crippen LogP contribution < -0.4 is 5.32 Å². The van der Waals surface area contributed by atoms with Crippen LogP contribution >= 0.6 is 11.8 Å². The van der Waals surface area contributed by atoms with Gasteiger partial charge >= 0.3 is 0 Å². The molecule has 2 aliphatic carbocycles. The second-order valence-corrected chi connectivity index (χ2v) is 8.26. The second-order valence-electron chi connectivity index (χ2n) is 6.91. The molecule has 28 heavy (non-hydrogen) atoms. The van der Waals surface area contributed by atoms with Gasteiger partial charge in [0.1, 0.15) is 22.2 Å². The van der Waals surface area contributed by atoms with Crippen molar-refractivity contribution in [3.05, 3.63) is 60.0 Å². The number of rotatable bonds is 6. The molecule has 1 heterocycles. The standard InChI is InChI=1S/C20H20F2N4OS/c1-2-26-17(15-9-8-13(21)12-16(15)22)24-25-19(26)28-20(10-11-20)18(27)23-14-6-4-3-5-7-14/h3-8,12,15H,2,9-11H2,1H3,(H,23,27). The summed E-state index contributed by atoms with van der Waals surface area (Å²) in [4.78, 5) is 12.8. The smallest absolute Gasteiger partial charge is 0.241 e. The highest BCUT2D eigenvalue weighted by molar-refractivity contribution is 8.01. The number of para-hydroxylation sites is 1. The molecule has 4 rings (SSSR count). The Bertz CT molecular complexity index is 950. The fourth-order valence-electron chi connectivity index (χ4n) is 3.22. The maximum Gasteiger partial charge on any atom is 0.241 e. The largest absolute Gasteiger partial charge is 0.325 e. The number of amides is 1. The number of allylic oxidation sites excluding steroid dienone is 4. The number of aromatic nitrogens is 3. The molecule has 8 heteroatoms. The van der Waals surface area contributed by atoms with Gasteiger partial charge in [-0.15, -0.1) is 10.2 Å². The van der Waals surface area contributed by atoms with E-state index in [0.29, 0.717) is 17.5 Å². The minimum atomic E-state index is -0.644. The van der Waals surface area contributed by atoms with Crippen LogP contribution in [0, 0.1) is 0 Å². The number of halogens is 2. The number of nitrogens with one attached hydrogen (secondary N) is 1. The highest BCUT2D eigenvalue weighted by Crippen LogP contribution is 2.52. The maximum atomic E-state index is 14.3. The third-order valence-corrected chi connectivity index (χ3v) is 6.44. The first-order chi connectivity index (χ1) is 13.5. The van der Waals surface area contributed by atoms with E-state index in [4.69, 9.17) is 0 Å². The van der Waals surface area contributed by atoms with E-state index < -0.39 is 22.3 Å². The van der Waals surface area contributed by atoms with Crippen molar-refractivity contribution in [1.29, 1.82) is 0 Å². The van der Waals surface area contributed by atoms with Crippen molar-refractivity contribution in [1.82, 2.24) is 14.8 Å². The van der Waals surface area contributed by atoms with Gasteiger partial charge in [-0.05, 0) is 44.4 Å². The van der Waals surface area contributed by atoms with Crippen LogP contribution in [0.4, 0.5) is 14.5 Å². The van der Waals surface area contributed by atoms with Crippen LogP contribution in [0.3, 0.4) is 0 Å². The van der Waals surface area contributed by atoms with Gasteiger partial charge in [-0.3, -0.25) is 4.79 Å². The van der Waals surface area contributed by atoms with E-state index in [1.807, 2.05) is 41.8 Å². The molecule has 1 amide bonds. The van der Waals surface area contributed by atoms with Gasteiger partial charge in [-0.2, -0.15) is 0 Å². The van der Waals surface area contributed by atoms with E-state index >= 15 is 0 Å². The first-order valence-electron chi connectivity index (χ1n) is 9.24. The Morgan fingerprint density at radius 1 is 1.29 bits per heavy atom. The molecule has 1 aromatic heterocycles. The molecule has 0 aliphatic heterocycles. The quantitative estimate of drug-likeness (QED) is 0.757. The first-order valence-corrected chi connectivity index (χ1v) is 10.1. The molecular weight excluding hydrogens is 382 g/mol. The van der Waals surface area contributed by atoms with Crippen molar-refractivity contribution in [2.75, 3.05) is 5.32 Å². The molecule has 1 saturated carbocycles. The van der Waals surface area contributed by atoms with E-state index in [2.05, 4.69) is 15.5 Å². The monoisotopic (exact) mass is 402 g/mol. The molecule has 0 radical (unpaired) electrons. The summed E-state index contributed by atoms with van der Waals surface area (Å²) < 4.78 is 28.8. The van der Waals surface area contributed by atoms with Gasteiger partial charge in [-0.1, -0.05) is 30.0 Å². The van der Waals surface area contributed by atoms with Crippen LogP contribution in [0.25, 0.3) is 0 Å². The molecule has 1 fully saturated rings. The number of hydrogen-bond donors (Lipinski definition) is 1. The predicted octanol–water partition coefficient (Wildman–Crippen LogP) is 4.76. The summed E-state index contributed by atoms with van der Waals surface area (Å²) in [5, 5.41) is 11.9. The highest BCUT2D eigenvalue weighted by Gasteiger charge is 2.52. The highest BCUT2D eigenvalue weighted by atomic mass is 32.2. The van der Waals surface area contributed by atoms with Gasteiger partial charge in [0.05, 0.1) is 5.92 Å². The molecule has 1 unspecified atom stereocenters. The summed E-state index contributed by atoms with van der Waals surface area (Å²) in [7, 11) is 0. The molecule has 0 bridgehead atoms. The predicted molar refractivity (Wildman–Crippen MR) is 104 cm³/mol. The number of anilines is 1. The first kappa shape index (κ1) is 18.9. The Morgan fingerprint density at radius 2 is 2.04 bits per heavy atom. The Kier molecular flexibility index (Phi) is 5.05. The van der Waals surface area contributed by atoms with Gasteiger partial charge in [-0.25, -0.2) is 8.78 Å². The van der Waals surface area contributed by atoms with Gasteiger partial charge in [0.25, 0.3) is 0 Å². The van der Waals surface area contributed by atoms with Crippen molar-refractivity contribution in [2.24, 2.45) is 0 Å². The minimum absolute atomic E-state index is 0.0651. The average molecular weight is 402 g/mol. The van der Waals surface area contributed by atoms with E-state index in [1.165, 1.54) is 17.8 Å². The molecule has 2 aromatic rings. The number of nitrogens with zero attached hydrogens (tertiary/aromatic N) is 3. The number of thioether (sulfide) groups is 1. The van der Waals surface area contributed by atoms with E-state index in [0.717, 1.165) is 24.6 Å². The minimum Gasteiger partial charge on any atom is -0.325 e. The molecule has 1 atom stereocenters. The van der Waals surface area contributed by atoms with Gasteiger partial charge in [0, 0.05) is 18.3 Å². The van der Waals surface area contributed by atoms with Crippen molar-refractivity contribution >= 4 is 23.4 Å². The summed E-state index contributed by atoms with van der Waals surface area (Å²) in [5.74, 6) is -1.37. The average Bonchev–Trinajstić information content (AvgIpc) is 3.36. The fraction of sp³-hybridized carbons (Fsp3) is 0.350. The molecule has 146 valence electrons. The molecule has 5 nitrogen and oxygen atoms in total. The molecule has 1 aromatic carbocycles. The number of hydrogen-bond acceptors (Lipinski definition) is 4. The molecule has 0 spiro atoms. The lowest BCUT2D eigenvalue weighted by atomic mass is 9.98. The van der Waals surface area contributed by atoms with Crippen LogP contribution in [-0.4, -0.2) is 25.4 Å². The van der Waals surface area contributed by atoms with Crippen LogP contribution in [0.5, 0.6) is 0 Å². The Balaban J connectivity index is 1.53. The molecule has 1 N–H and O–H groups in total. The van der Waals surface area contributed by atoms with E-state index in [9.17, 15) is 13.6 Å². The lowest BCUT2D eigenvalue weighted by molar-refractivity contribution is -0.116. The zero-order chi connectivity index (χ0) is 19.7.